The lowest BCUT2D eigenvalue weighted by Gasteiger charge is -2.29. The van der Waals surface area contributed by atoms with Gasteiger partial charge in [0.15, 0.2) is 11.6 Å². The maximum Gasteiger partial charge on any atom is 0.259 e. The second-order valence-electron chi connectivity index (χ2n) is 7.70. The fourth-order valence-electron chi connectivity index (χ4n) is 3.98. The molecule has 0 amide bonds. The summed E-state index contributed by atoms with van der Waals surface area (Å²) in [4.78, 5) is 22.1. The van der Waals surface area contributed by atoms with Crippen molar-refractivity contribution in [3.05, 3.63) is 82.1 Å². The number of aliphatic hydroxyl groups is 1. The molecule has 7 nitrogen and oxygen atoms in total. The molecule has 0 radical (unpaired) electrons. The van der Waals surface area contributed by atoms with E-state index in [0.717, 1.165) is 32.7 Å². The number of H-pyrrole nitrogens is 1. The van der Waals surface area contributed by atoms with Gasteiger partial charge in [-0.05, 0) is 12.1 Å². The summed E-state index contributed by atoms with van der Waals surface area (Å²) in [6.45, 7) is 5.17. The van der Waals surface area contributed by atoms with Crippen LogP contribution >= 0.6 is 0 Å². The van der Waals surface area contributed by atoms with Gasteiger partial charge in [0.1, 0.15) is 50.9 Å². The molecule has 0 bridgehead atoms. The first-order valence-electron chi connectivity index (χ1n) is 10.2. The quantitative estimate of drug-likeness (QED) is 0.347. The Hall–Kier alpha value is -3.47. The molecule has 0 atom stereocenters. The van der Waals surface area contributed by atoms with Gasteiger partial charge in [0.25, 0.3) is 5.56 Å². The van der Waals surface area contributed by atoms with Crippen molar-refractivity contribution in [3.8, 4) is 6.07 Å². The third kappa shape index (κ3) is 4.40. The number of piperazine rings is 1. The normalized spacial score (nSPS) is 19.8. The summed E-state index contributed by atoms with van der Waals surface area (Å²) in [5.41, 5.74) is 1.55. The van der Waals surface area contributed by atoms with E-state index < -0.39 is 0 Å². The van der Waals surface area contributed by atoms with Crippen molar-refractivity contribution in [2.24, 2.45) is 0 Å². The van der Waals surface area contributed by atoms with Crippen LogP contribution < -0.4 is 15.4 Å². The number of aromatic nitrogens is 2. The van der Waals surface area contributed by atoms with E-state index in [4.69, 9.17) is 0 Å². The van der Waals surface area contributed by atoms with E-state index in [1.165, 1.54) is 15.4 Å². The zero-order valence-corrected chi connectivity index (χ0v) is 16.7. The highest BCUT2D eigenvalue weighted by Gasteiger charge is 2.25. The number of nitrogens with one attached hydrogen (secondary N) is 3. The van der Waals surface area contributed by atoms with Crippen LogP contribution in [0.1, 0.15) is 11.4 Å². The molecule has 1 aliphatic rings. The highest BCUT2D eigenvalue weighted by Crippen LogP contribution is 2.14. The van der Waals surface area contributed by atoms with Crippen LogP contribution in [0.2, 0.25) is 0 Å². The van der Waals surface area contributed by atoms with E-state index in [9.17, 15) is 15.2 Å². The van der Waals surface area contributed by atoms with Gasteiger partial charge < -0.3 is 19.9 Å². The van der Waals surface area contributed by atoms with E-state index in [-0.39, 0.29) is 22.7 Å². The Morgan fingerprint density at radius 3 is 2.43 bits per heavy atom. The number of aromatic amines is 1. The van der Waals surface area contributed by atoms with Crippen LogP contribution in [0.3, 0.4) is 0 Å². The minimum atomic E-state index is -0.318. The van der Waals surface area contributed by atoms with Crippen LogP contribution in [0, 0.1) is 11.3 Å². The topological polar surface area (TPSA) is 98.6 Å². The van der Waals surface area contributed by atoms with Crippen molar-refractivity contribution in [1.82, 2.24) is 9.97 Å². The Morgan fingerprint density at radius 2 is 1.70 bits per heavy atom. The van der Waals surface area contributed by atoms with Crippen LogP contribution in [0.25, 0.3) is 16.5 Å². The lowest BCUT2D eigenvalue weighted by Crippen LogP contribution is -3.27. The molecule has 0 unspecified atom stereocenters. The number of hydrogen-bond acceptors (Lipinski definition) is 4. The molecule has 0 aliphatic carbocycles. The van der Waals surface area contributed by atoms with Crippen molar-refractivity contribution < 1.29 is 14.9 Å². The molecule has 0 spiro atoms. The molecule has 4 N–H and O–H groups in total. The Bertz CT molecular complexity index is 1160. The van der Waals surface area contributed by atoms with E-state index in [0.29, 0.717) is 17.4 Å². The number of aliphatic hydroxyl groups excluding tert-OH is 1. The molecule has 1 saturated heterocycles. The highest BCUT2D eigenvalue weighted by molar-refractivity contribution is 5.81. The molecule has 0 saturated carbocycles. The summed E-state index contributed by atoms with van der Waals surface area (Å²) in [5, 5.41) is 20.7. The van der Waals surface area contributed by atoms with Crippen LogP contribution in [-0.2, 0) is 6.54 Å². The van der Waals surface area contributed by atoms with E-state index in [2.05, 4.69) is 34.2 Å². The average molecular weight is 403 g/mol. The largest absolute Gasteiger partial charge is 0.506 e. The number of fused-ring (bicyclic) bond motifs is 1. The Balaban J connectivity index is 1.45. The SMILES string of the molecule is N#C/C(=C(/O)C[NH+]1CC[NH+](Cc2ccccc2)CC1)c1nc2ccccc2c(=O)[nH]1. The van der Waals surface area contributed by atoms with Gasteiger partial charge in [-0.1, -0.05) is 42.5 Å². The monoisotopic (exact) mass is 403 g/mol. The van der Waals surface area contributed by atoms with Crippen molar-refractivity contribution in [2.75, 3.05) is 32.7 Å². The summed E-state index contributed by atoms with van der Waals surface area (Å²) >= 11 is 0. The van der Waals surface area contributed by atoms with Gasteiger partial charge >= 0.3 is 0 Å². The van der Waals surface area contributed by atoms with Crippen molar-refractivity contribution in [2.45, 2.75) is 6.54 Å². The second-order valence-corrected chi connectivity index (χ2v) is 7.70. The molecule has 1 fully saturated rings. The summed E-state index contributed by atoms with van der Waals surface area (Å²) in [6.07, 6.45) is 0. The summed E-state index contributed by atoms with van der Waals surface area (Å²) in [6, 6.07) is 19.4. The lowest BCUT2D eigenvalue weighted by molar-refractivity contribution is -1.02. The number of rotatable bonds is 5. The molecule has 7 heteroatoms. The van der Waals surface area contributed by atoms with Gasteiger partial charge in [-0.25, -0.2) is 4.98 Å². The third-order valence-electron chi connectivity index (χ3n) is 5.63. The van der Waals surface area contributed by atoms with Crippen molar-refractivity contribution >= 4 is 16.5 Å². The maximum atomic E-state index is 12.3. The first kappa shape index (κ1) is 19.8. The summed E-state index contributed by atoms with van der Waals surface area (Å²) in [7, 11) is 0. The standard InChI is InChI=1S/C23H23N5O2/c24-14-19(22-25-20-9-5-4-8-18(20)23(30)26-22)21(29)16-28-12-10-27(11-13-28)15-17-6-2-1-3-7-17/h1-9,29H,10-13,15-16H2,(H,25,26,30)/p+2/b21-19-. The van der Waals surface area contributed by atoms with Gasteiger partial charge in [0.05, 0.1) is 10.9 Å². The Kier molecular flexibility index (Phi) is 5.89. The summed E-state index contributed by atoms with van der Waals surface area (Å²) in [5.74, 6) is 0.0869. The fraction of sp³-hybridized carbons (Fsp3) is 0.261. The van der Waals surface area contributed by atoms with Gasteiger partial charge in [-0.2, -0.15) is 5.26 Å². The number of benzene rings is 2. The predicted octanol–water partition coefficient (Wildman–Crippen LogP) is -0.301. The lowest BCUT2D eigenvalue weighted by atomic mass is 10.1. The minimum Gasteiger partial charge on any atom is -0.506 e. The molecule has 1 aromatic heterocycles. The first-order chi connectivity index (χ1) is 14.6. The van der Waals surface area contributed by atoms with Crippen LogP contribution in [0.4, 0.5) is 0 Å². The predicted molar refractivity (Wildman–Crippen MR) is 114 cm³/mol. The molecule has 3 aromatic rings. The molecule has 4 rings (SSSR count). The molecule has 152 valence electrons. The fourth-order valence-corrected chi connectivity index (χ4v) is 3.98. The van der Waals surface area contributed by atoms with Crippen LogP contribution in [0.5, 0.6) is 0 Å². The molecule has 2 heterocycles. The number of nitrogens with zero attached hydrogens (tertiary/aromatic N) is 2. The van der Waals surface area contributed by atoms with Gasteiger partial charge in [0, 0.05) is 5.56 Å². The van der Waals surface area contributed by atoms with Crippen LogP contribution in [-0.4, -0.2) is 47.8 Å². The van der Waals surface area contributed by atoms with Crippen molar-refractivity contribution in [3.63, 3.8) is 0 Å². The zero-order valence-electron chi connectivity index (χ0n) is 16.7. The molecule has 1 aliphatic heterocycles. The van der Waals surface area contributed by atoms with E-state index in [1.807, 2.05) is 12.1 Å². The Labute approximate surface area is 174 Å². The molecular weight excluding hydrogens is 378 g/mol. The van der Waals surface area contributed by atoms with Gasteiger partial charge in [-0.15, -0.1) is 0 Å². The number of hydrogen-bond donors (Lipinski definition) is 4. The molecule has 30 heavy (non-hydrogen) atoms. The van der Waals surface area contributed by atoms with E-state index in [1.54, 1.807) is 24.3 Å². The van der Waals surface area contributed by atoms with Crippen molar-refractivity contribution in [1.29, 1.82) is 5.26 Å². The maximum absolute atomic E-state index is 12.3. The Morgan fingerprint density at radius 1 is 1.03 bits per heavy atom. The van der Waals surface area contributed by atoms with Gasteiger partial charge in [-0.3, -0.25) is 4.79 Å². The molecule has 2 aromatic carbocycles. The van der Waals surface area contributed by atoms with E-state index >= 15 is 0 Å². The second kappa shape index (κ2) is 8.91. The smallest absolute Gasteiger partial charge is 0.259 e. The zero-order chi connectivity index (χ0) is 20.9. The highest BCUT2D eigenvalue weighted by atomic mass is 16.3. The first-order valence-corrected chi connectivity index (χ1v) is 10.2. The molecular formula is C23H25N5O2+2. The number of nitriles is 1. The summed E-state index contributed by atoms with van der Waals surface area (Å²) < 4.78 is 0. The third-order valence-corrected chi connectivity index (χ3v) is 5.63. The number of para-hydroxylation sites is 1. The average Bonchev–Trinajstić information content (AvgIpc) is 2.76. The number of allylic oxidation sites excluding steroid dienone is 1. The minimum absolute atomic E-state index is 0.0301. The van der Waals surface area contributed by atoms with Crippen LogP contribution in [0.15, 0.2) is 65.2 Å². The van der Waals surface area contributed by atoms with Gasteiger partial charge in [0.2, 0.25) is 0 Å². The number of quaternary nitrogens is 2.